The van der Waals surface area contributed by atoms with Gasteiger partial charge in [-0.1, -0.05) is 90.4 Å². The molecule has 0 nitrogen and oxygen atoms in total. The molecule has 24 heavy (non-hydrogen) atoms. The normalized spacial score (nSPS) is 31.5. The molecule has 0 bridgehead atoms. The monoisotopic (exact) mass is 406 g/mol. The topological polar surface area (TPSA) is 0 Å². The van der Waals surface area contributed by atoms with Crippen LogP contribution in [0.1, 0.15) is 77.0 Å². The highest BCUT2D eigenvalue weighted by Gasteiger charge is 2.51. The van der Waals surface area contributed by atoms with Crippen LogP contribution < -0.4 is 0 Å². The number of halogens is 2. The minimum atomic E-state index is -1.68. The van der Waals surface area contributed by atoms with Crippen LogP contribution in [0.15, 0.2) is 0 Å². The fraction of sp³-hybridized carbons (Fsp3) is 1.00. The van der Waals surface area contributed by atoms with E-state index in [1.54, 1.807) is 0 Å². The Morgan fingerprint density at radius 1 is 0.792 bits per heavy atom. The average molecular weight is 408 g/mol. The maximum absolute atomic E-state index is 7.25. The molecule has 0 amide bonds. The molecular formula is C20H40Cl2Si2. The molecule has 2 aliphatic rings. The second kappa shape index (κ2) is 8.80. The van der Waals surface area contributed by atoms with E-state index in [2.05, 4.69) is 26.2 Å². The summed E-state index contributed by atoms with van der Waals surface area (Å²) in [6, 6.07) is 1.29. The zero-order valence-electron chi connectivity index (χ0n) is 16.6. The first-order valence-corrected chi connectivity index (χ1v) is 18.7. The summed E-state index contributed by atoms with van der Waals surface area (Å²) in [6.45, 7) is 9.51. The average Bonchev–Trinajstić information content (AvgIpc) is 2.85. The van der Waals surface area contributed by atoms with Crippen LogP contribution >= 0.6 is 22.2 Å². The van der Waals surface area contributed by atoms with E-state index in [0.717, 1.165) is 11.8 Å². The zero-order valence-corrected chi connectivity index (χ0v) is 20.1. The smallest absolute Gasteiger partial charge is 0.156 e. The van der Waals surface area contributed by atoms with Crippen LogP contribution in [0.3, 0.4) is 0 Å². The second-order valence-corrected chi connectivity index (χ2v) is 23.7. The van der Waals surface area contributed by atoms with Crippen molar-refractivity contribution in [2.24, 2.45) is 11.8 Å². The lowest BCUT2D eigenvalue weighted by atomic mass is 9.80. The Morgan fingerprint density at radius 2 is 1.42 bits per heavy atom. The van der Waals surface area contributed by atoms with Crippen molar-refractivity contribution in [1.82, 2.24) is 0 Å². The van der Waals surface area contributed by atoms with Crippen LogP contribution in [-0.4, -0.2) is 14.8 Å². The Bertz CT molecular complexity index is 378. The van der Waals surface area contributed by atoms with Gasteiger partial charge in [-0.3, -0.25) is 0 Å². The minimum Gasteiger partial charge on any atom is -0.168 e. The molecule has 0 aromatic heterocycles. The molecule has 2 atom stereocenters. The quantitative estimate of drug-likeness (QED) is 0.243. The van der Waals surface area contributed by atoms with Gasteiger partial charge in [-0.15, -0.1) is 0 Å². The van der Waals surface area contributed by atoms with Crippen molar-refractivity contribution in [1.29, 1.82) is 0 Å². The fourth-order valence-corrected chi connectivity index (χ4v) is 10.8. The Balaban J connectivity index is 2.08. The molecule has 0 heterocycles. The molecular weight excluding hydrogens is 367 g/mol. The molecule has 0 radical (unpaired) electrons. The van der Waals surface area contributed by atoms with E-state index in [-0.39, 0.29) is 0 Å². The Hall–Kier alpha value is 1.01. The van der Waals surface area contributed by atoms with E-state index in [1.165, 1.54) is 83.1 Å². The van der Waals surface area contributed by atoms with E-state index in [9.17, 15) is 0 Å². The van der Waals surface area contributed by atoms with Crippen molar-refractivity contribution in [2.75, 3.05) is 0 Å². The van der Waals surface area contributed by atoms with Crippen LogP contribution in [0, 0.1) is 11.8 Å². The lowest BCUT2D eigenvalue weighted by Crippen LogP contribution is -2.43. The third kappa shape index (κ3) is 5.76. The molecule has 0 aliphatic heterocycles. The summed E-state index contributed by atoms with van der Waals surface area (Å²) in [5.41, 5.74) is 0. The van der Waals surface area contributed by atoms with Gasteiger partial charge in [0.25, 0.3) is 0 Å². The predicted octanol–water partition coefficient (Wildman–Crippen LogP) is 8.56. The summed E-state index contributed by atoms with van der Waals surface area (Å²) in [5, 5.41) is 0.502. The summed E-state index contributed by atoms with van der Waals surface area (Å²) in [7, 11) is -3.10. The molecule has 2 rings (SSSR count). The molecule has 0 spiro atoms. The van der Waals surface area contributed by atoms with Crippen molar-refractivity contribution >= 4 is 36.9 Å². The molecule has 2 aliphatic carbocycles. The van der Waals surface area contributed by atoms with E-state index >= 15 is 0 Å². The van der Waals surface area contributed by atoms with Crippen molar-refractivity contribution in [2.45, 2.75) is 114 Å². The maximum atomic E-state index is 7.25. The number of hydrogen-bond donors (Lipinski definition) is 0. The third-order valence-electron chi connectivity index (χ3n) is 7.20. The van der Waals surface area contributed by atoms with Crippen molar-refractivity contribution in [3.63, 3.8) is 0 Å². The lowest BCUT2D eigenvalue weighted by Gasteiger charge is -2.47. The molecule has 4 heteroatoms. The van der Waals surface area contributed by atoms with Gasteiger partial charge >= 0.3 is 0 Å². The van der Waals surface area contributed by atoms with Crippen molar-refractivity contribution in [3.05, 3.63) is 0 Å². The van der Waals surface area contributed by atoms with Crippen LogP contribution in [-0.2, 0) is 0 Å². The van der Waals surface area contributed by atoms with Gasteiger partial charge in [0, 0.05) is 0 Å². The molecule has 0 N–H and O–H groups in total. The highest BCUT2D eigenvalue weighted by Crippen LogP contribution is 2.60. The first-order chi connectivity index (χ1) is 11.1. The van der Waals surface area contributed by atoms with Gasteiger partial charge < -0.3 is 0 Å². The van der Waals surface area contributed by atoms with Gasteiger partial charge in [0.15, 0.2) is 14.8 Å². The predicted molar refractivity (Wildman–Crippen MR) is 117 cm³/mol. The summed E-state index contributed by atoms with van der Waals surface area (Å²) in [6.07, 6.45) is 17.2. The third-order valence-corrected chi connectivity index (χ3v) is 13.7. The zero-order chi connectivity index (χ0) is 17.8. The fourth-order valence-electron chi connectivity index (χ4n) is 5.59. The van der Waals surface area contributed by atoms with Crippen LogP contribution in [0.5, 0.6) is 0 Å². The molecule has 2 fully saturated rings. The van der Waals surface area contributed by atoms with Crippen molar-refractivity contribution < 1.29 is 0 Å². The molecule has 2 unspecified atom stereocenters. The highest BCUT2D eigenvalue weighted by atomic mass is 35.6. The van der Waals surface area contributed by atoms with E-state index in [1.807, 2.05) is 0 Å². The van der Waals surface area contributed by atoms with Gasteiger partial charge in [0.2, 0.25) is 0 Å². The number of rotatable bonds is 5. The standard InChI is InChI=1S/C20H40Cl2Si2/c1-23(2,21)17-14-18-10-9-15-20(16-13-18,24(3,4)22)19-11-7-5-6-8-12-19/h18-19H,5-17H2,1-4H3. The van der Waals surface area contributed by atoms with Gasteiger partial charge in [-0.2, -0.15) is 22.2 Å². The Kier molecular flexibility index (Phi) is 7.82. The Morgan fingerprint density at radius 3 is 1.96 bits per heavy atom. The van der Waals surface area contributed by atoms with Gasteiger partial charge in [0.1, 0.15) is 0 Å². The van der Waals surface area contributed by atoms with Gasteiger partial charge in [-0.05, 0) is 35.8 Å². The maximum Gasteiger partial charge on any atom is 0.156 e. The first-order valence-electron chi connectivity index (χ1n) is 10.5. The first kappa shape index (κ1) is 21.3. The van der Waals surface area contributed by atoms with E-state index in [0.29, 0.717) is 5.04 Å². The van der Waals surface area contributed by atoms with Crippen LogP contribution in [0.4, 0.5) is 0 Å². The summed E-state index contributed by atoms with van der Waals surface area (Å²) < 4.78 is 0. The largest absolute Gasteiger partial charge is 0.168 e. The van der Waals surface area contributed by atoms with Gasteiger partial charge in [0.05, 0.1) is 0 Å². The SMILES string of the molecule is C[Si](C)(Cl)CCC1CCCC(C2CCCCCC2)([Si](C)(C)Cl)CC1. The summed E-state index contributed by atoms with van der Waals surface area (Å²) >= 11 is 13.8. The van der Waals surface area contributed by atoms with Crippen LogP contribution in [0.2, 0.25) is 37.3 Å². The molecule has 2 saturated carbocycles. The summed E-state index contributed by atoms with van der Waals surface area (Å²) in [4.78, 5) is 0. The molecule has 142 valence electrons. The number of hydrogen-bond acceptors (Lipinski definition) is 0. The molecule has 0 aromatic carbocycles. The summed E-state index contributed by atoms with van der Waals surface area (Å²) in [5.74, 6) is 1.83. The lowest BCUT2D eigenvalue weighted by molar-refractivity contribution is 0.275. The van der Waals surface area contributed by atoms with Crippen molar-refractivity contribution in [3.8, 4) is 0 Å². The second-order valence-electron chi connectivity index (χ2n) is 9.87. The van der Waals surface area contributed by atoms with E-state index < -0.39 is 14.8 Å². The molecule has 0 saturated heterocycles. The Labute approximate surface area is 162 Å². The van der Waals surface area contributed by atoms with E-state index in [4.69, 9.17) is 22.2 Å². The van der Waals surface area contributed by atoms with Gasteiger partial charge in [-0.25, -0.2) is 0 Å². The highest BCUT2D eigenvalue weighted by molar-refractivity contribution is 7.20. The molecule has 0 aromatic rings. The minimum absolute atomic E-state index is 0.502. The van der Waals surface area contributed by atoms with Crippen LogP contribution in [0.25, 0.3) is 0 Å².